The normalized spacial score (nSPS) is 13.3. The van der Waals surface area contributed by atoms with E-state index in [1.54, 1.807) is 12.1 Å². The molecule has 0 saturated carbocycles. The van der Waals surface area contributed by atoms with Gasteiger partial charge in [0.25, 0.3) is 0 Å². The molecule has 0 radical (unpaired) electrons. The molecule has 0 aromatic carbocycles. The molecule has 21 heavy (non-hydrogen) atoms. The Bertz CT molecular complexity index is 647. The van der Waals surface area contributed by atoms with Gasteiger partial charge in [-0.05, 0) is 22.8 Å². The maximum absolute atomic E-state index is 10.9. The molecule has 2 N–H and O–H groups in total. The van der Waals surface area contributed by atoms with Crippen molar-refractivity contribution in [3.8, 4) is 0 Å². The number of aliphatic hydroxyl groups excluding tert-OH is 1. The maximum atomic E-state index is 10.9. The van der Waals surface area contributed by atoms with E-state index in [4.69, 9.17) is 0 Å². The van der Waals surface area contributed by atoms with Gasteiger partial charge < -0.3 is 20.5 Å². The summed E-state index contributed by atoms with van der Waals surface area (Å²) in [5.41, 5.74) is 0.453. The lowest BCUT2D eigenvalue weighted by atomic mass is 9.88. The topological polar surface area (TPSA) is 106 Å². The van der Waals surface area contributed by atoms with Crippen LogP contribution in [0.1, 0.15) is 27.2 Å². The lowest BCUT2D eigenvalue weighted by molar-refractivity contribution is -0.391. The number of imidazole rings is 1. The van der Waals surface area contributed by atoms with Crippen LogP contribution in [0.25, 0.3) is 5.65 Å². The van der Waals surface area contributed by atoms with Crippen LogP contribution in [0, 0.1) is 15.5 Å². The first-order valence-electron chi connectivity index (χ1n) is 6.67. The van der Waals surface area contributed by atoms with Crippen LogP contribution in [0.3, 0.4) is 0 Å². The lowest BCUT2D eigenvalue weighted by Gasteiger charge is -2.25. The first kappa shape index (κ1) is 15.2. The average molecular weight is 293 g/mol. The number of aliphatic hydroxyl groups is 1. The predicted molar refractivity (Wildman–Crippen MR) is 78.2 cm³/mol. The number of nitrogens with zero attached hydrogens (tertiary/aromatic N) is 4. The van der Waals surface area contributed by atoms with Crippen molar-refractivity contribution in [3.63, 3.8) is 0 Å². The third-order valence-corrected chi connectivity index (χ3v) is 2.96. The zero-order chi connectivity index (χ0) is 15.6. The van der Waals surface area contributed by atoms with E-state index in [9.17, 15) is 15.2 Å². The maximum Gasteiger partial charge on any atom is 0.368 e. The first-order valence-corrected chi connectivity index (χ1v) is 6.67. The van der Waals surface area contributed by atoms with Gasteiger partial charge in [-0.25, -0.2) is 4.98 Å². The Balaban J connectivity index is 2.25. The van der Waals surface area contributed by atoms with Gasteiger partial charge in [-0.1, -0.05) is 30.4 Å². The molecule has 114 valence electrons. The summed E-state index contributed by atoms with van der Waals surface area (Å²) in [5, 5.41) is 27.6. The molecule has 1 unspecified atom stereocenters. The Morgan fingerprint density at radius 1 is 1.48 bits per heavy atom. The molecular weight excluding hydrogens is 274 g/mol. The van der Waals surface area contributed by atoms with Crippen molar-refractivity contribution in [1.82, 2.24) is 14.6 Å². The van der Waals surface area contributed by atoms with Crippen LogP contribution in [0.5, 0.6) is 0 Å². The summed E-state index contributed by atoms with van der Waals surface area (Å²) in [4.78, 5) is 14.3. The lowest BCUT2D eigenvalue weighted by Crippen LogP contribution is -2.29. The van der Waals surface area contributed by atoms with Gasteiger partial charge in [0.05, 0.1) is 12.6 Å². The van der Waals surface area contributed by atoms with E-state index in [0.29, 0.717) is 11.5 Å². The number of hydrogen-bond donors (Lipinski definition) is 2. The van der Waals surface area contributed by atoms with Gasteiger partial charge in [0.2, 0.25) is 5.65 Å². The second-order valence-electron chi connectivity index (χ2n) is 6.15. The fourth-order valence-corrected chi connectivity index (χ4v) is 2.17. The molecule has 0 aliphatic rings. The molecule has 0 saturated heterocycles. The molecule has 0 bridgehead atoms. The largest absolute Gasteiger partial charge is 0.394 e. The summed E-state index contributed by atoms with van der Waals surface area (Å²) >= 11 is 0. The van der Waals surface area contributed by atoms with E-state index < -0.39 is 4.92 Å². The number of anilines is 1. The van der Waals surface area contributed by atoms with Crippen LogP contribution in [0.2, 0.25) is 0 Å². The van der Waals surface area contributed by atoms with E-state index in [2.05, 4.69) is 36.2 Å². The highest BCUT2D eigenvalue weighted by molar-refractivity contribution is 5.48. The number of hydrogen-bond acceptors (Lipinski definition) is 6. The average Bonchev–Trinajstić information content (AvgIpc) is 2.79. The van der Waals surface area contributed by atoms with E-state index in [-0.39, 0.29) is 23.9 Å². The fraction of sp³-hybridized carbons (Fsp3) is 0.538. The van der Waals surface area contributed by atoms with Crippen molar-refractivity contribution in [2.75, 3.05) is 11.9 Å². The number of nitrogens with one attached hydrogen (secondary N) is 1. The molecule has 2 rings (SSSR count). The third kappa shape index (κ3) is 3.66. The standard InChI is InChI=1S/C13H19N5O3/c1-13(2,3)6-9(8-19)15-10-4-5-11-14-7-12(18(20)21)17(11)16-10/h4-5,7,9,19H,6,8H2,1-3H3,(H,15,16). The van der Waals surface area contributed by atoms with Gasteiger partial charge in [-0.2, -0.15) is 0 Å². The Morgan fingerprint density at radius 2 is 2.19 bits per heavy atom. The number of fused-ring (bicyclic) bond motifs is 1. The molecule has 0 spiro atoms. The Kier molecular flexibility index (Phi) is 4.08. The third-order valence-electron chi connectivity index (χ3n) is 2.96. The molecule has 0 aliphatic carbocycles. The second kappa shape index (κ2) is 5.65. The van der Waals surface area contributed by atoms with Gasteiger partial charge in [0.1, 0.15) is 6.20 Å². The zero-order valence-electron chi connectivity index (χ0n) is 12.3. The minimum atomic E-state index is -0.532. The fourth-order valence-electron chi connectivity index (χ4n) is 2.17. The molecule has 2 aromatic heterocycles. The van der Waals surface area contributed by atoms with Crippen LogP contribution >= 0.6 is 0 Å². The molecular formula is C13H19N5O3. The van der Waals surface area contributed by atoms with Crippen molar-refractivity contribution < 1.29 is 10.0 Å². The molecule has 0 aliphatic heterocycles. The van der Waals surface area contributed by atoms with E-state index in [1.165, 1.54) is 10.7 Å². The molecule has 0 fully saturated rings. The number of nitro groups is 1. The minimum absolute atomic E-state index is 0.0387. The Hall–Kier alpha value is -2.22. The van der Waals surface area contributed by atoms with Crippen LogP contribution < -0.4 is 5.32 Å². The Morgan fingerprint density at radius 3 is 2.76 bits per heavy atom. The van der Waals surface area contributed by atoms with Crippen molar-refractivity contribution in [2.24, 2.45) is 5.41 Å². The monoisotopic (exact) mass is 293 g/mol. The molecule has 1 atom stereocenters. The van der Waals surface area contributed by atoms with Crippen LogP contribution in [0.15, 0.2) is 18.3 Å². The summed E-state index contributed by atoms with van der Waals surface area (Å²) in [5.74, 6) is 0.275. The van der Waals surface area contributed by atoms with E-state index in [1.807, 2.05) is 0 Å². The summed E-state index contributed by atoms with van der Waals surface area (Å²) in [6, 6.07) is 3.17. The minimum Gasteiger partial charge on any atom is -0.394 e. The highest BCUT2D eigenvalue weighted by Crippen LogP contribution is 2.23. The van der Waals surface area contributed by atoms with Gasteiger partial charge in [0, 0.05) is 6.07 Å². The molecule has 8 nitrogen and oxygen atoms in total. The Labute approximate surface area is 122 Å². The van der Waals surface area contributed by atoms with Crippen molar-refractivity contribution in [2.45, 2.75) is 33.2 Å². The smallest absolute Gasteiger partial charge is 0.368 e. The first-order chi connectivity index (χ1) is 9.80. The molecule has 8 heteroatoms. The zero-order valence-corrected chi connectivity index (χ0v) is 12.3. The van der Waals surface area contributed by atoms with Crippen molar-refractivity contribution >= 4 is 17.3 Å². The van der Waals surface area contributed by atoms with Gasteiger partial charge in [0.15, 0.2) is 5.82 Å². The van der Waals surface area contributed by atoms with Crippen LogP contribution in [-0.2, 0) is 0 Å². The van der Waals surface area contributed by atoms with Crippen LogP contribution in [-0.4, -0.2) is 37.3 Å². The number of rotatable bonds is 5. The highest BCUT2D eigenvalue weighted by atomic mass is 16.6. The summed E-state index contributed by atoms with van der Waals surface area (Å²) in [6.07, 6.45) is 1.92. The SMILES string of the molecule is CC(C)(C)CC(CO)Nc1ccc2ncc([N+](=O)[O-])n2n1. The predicted octanol–water partition coefficient (Wildman–Crippen LogP) is 1.85. The number of aromatic nitrogens is 3. The van der Waals surface area contributed by atoms with E-state index >= 15 is 0 Å². The van der Waals surface area contributed by atoms with Crippen molar-refractivity contribution in [3.05, 3.63) is 28.4 Å². The van der Waals surface area contributed by atoms with E-state index in [0.717, 1.165) is 6.42 Å². The van der Waals surface area contributed by atoms with Gasteiger partial charge >= 0.3 is 5.82 Å². The van der Waals surface area contributed by atoms with Crippen molar-refractivity contribution in [1.29, 1.82) is 0 Å². The molecule has 2 heterocycles. The van der Waals surface area contributed by atoms with Gasteiger partial charge in [-0.15, -0.1) is 0 Å². The highest BCUT2D eigenvalue weighted by Gasteiger charge is 2.20. The quantitative estimate of drug-likeness (QED) is 0.643. The van der Waals surface area contributed by atoms with Gasteiger partial charge in [-0.3, -0.25) is 0 Å². The second-order valence-corrected chi connectivity index (χ2v) is 6.15. The summed E-state index contributed by atoms with van der Waals surface area (Å²) < 4.78 is 1.17. The molecule has 2 aromatic rings. The summed E-state index contributed by atoms with van der Waals surface area (Å²) in [7, 11) is 0. The van der Waals surface area contributed by atoms with Crippen LogP contribution in [0.4, 0.5) is 11.6 Å². The summed E-state index contributed by atoms with van der Waals surface area (Å²) in [6.45, 7) is 6.20. The molecule has 0 amide bonds.